The number of nitriles is 1. The van der Waals surface area contributed by atoms with Crippen molar-refractivity contribution in [1.82, 2.24) is 15.3 Å². The highest BCUT2D eigenvalue weighted by molar-refractivity contribution is 7.92. The molecule has 1 aliphatic heterocycles. The van der Waals surface area contributed by atoms with Crippen molar-refractivity contribution < 1.29 is 8.42 Å². The second-order valence-corrected chi connectivity index (χ2v) is 7.43. The van der Waals surface area contributed by atoms with E-state index >= 15 is 0 Å². The van der Waals surface area contributed by atoms with E-state index in [9.17, 15) is 8.42 Å². The van der Waals surface area contributed by atoms with Gasteiger partial charge in [0.1, 0.15) is 4.90 Å². The Balaban J connectivity index is 1.78. The quantitative estimate of drug-likeness (QED) is 0.822. The Hall–Kier alpha value is -2.41. The maximum absolute atomic E-state index is 12.5. The number of piperazine rings is 1. The fourth-order valence-corrected chi connectivity index (χ4v) is 3.97. The highest BCUT2D eigenvalue weighted by atomic mass is 35.5. The number of anilines is 2. The molecule has 1 aromatic carbocycles. The maximum Gasteiger partial charge on any atom is 0.263 e. The first-order valence-corrected chi connectivity index (χ1v) is 9.36. The molecule has 10 heteroatoms. The standard InChI is InChI=1S/C15H15ClN6O2S/c16-13-7-11(8-17)1-2-14(13)25(23,24)21-12-9-19-15(20-10-12)22-5-3-18-4-6-22/h1-2,7,9-10,18,21H,3-6H2. The summed E-state index contributed by atoms with van der Waals surface area (Å²) < 4.78 is 27.3. The first kappa shape index (κ1) is 17.4. The molecular weight excluding hydrogens is 364 g/mol. The summed E-state index contributed by atoms with van der Waals surface area (Å²) in [6, 6.07) is 5.89. The Labute approximate surface area is 150 Å². The van der Waals surface area contributed by atoms with Crippen LogP contribution in [0, 0.1) is 11.3 Å². The van der Waals surface area contributed by atoms with Crippen molar-refractivity contribution in [3.8, 4) is 6.07 Å². The molecule has 0 spiro atoms. The van der Waals surface area contributed by atoms with Crippen LogP contribution in [0.25, 0.3) is 0 Å². The molecule has 0 unspecified atom stereocenters. The number of benzene rings is 1. The number of nitrogens with one attached hydrogen (secondary N) is 2. The Morgan fingerprint density at radius 1 is 1.24 bits per heavy atom. The molecule has 2 N–H and O–H groups in total. The molecule has 1 fully saturated rings. The normalized spacial score (nSPS) is 14.8. The molecule has 2 heterocycles. The lowest BCUT2D eigenvalue weighted by Gasteiger charge is -2.27. The number of nitrogens with zero attached hydrogens (tertiary/aromatic N) is 4. The molecule has 1 saturated heterocycles. The lowest BCUT2D eigenvalue weighted by Crippen LogP contribution is -2.44. The zero-order chi connectivity index (χ0) is 17.9. The average Bonchev–Trinajstić information content (AvgIpc) is 2.62. The van der Waals surface area contributed by atoms with Crippen LogP contribution in [0.15, 0.2) is 35.5 Å². The van der Waals surface area contributed by atoms with E-state index in [2.05, 4.69) is 20.0 Å². The lowest BCUT2D eigenvalue weighted by molar-refractivity contribution is 0.580. The first-order valence-electron chi connectivity index (χ1n) is 7.50. The van der Waals surface area contributed by atoms with Crippen LogP contribution in [-0.4, -0.2) is 44.6 Å². The molecule has 0 amide bonds. The molecule has 130 valence electrons. The predicted octanol–water partition coefficient (Wildman–Crippen LogP) is 1.21. The van der Waals surface area contributed by atoms with E-state index in [4.69, 9.17) is 16.9 Å². The number of halogens is 1. The Kier molecular flexibility index (Phi) is 5.03. The summed E-state index contributed by atoms with van der Waals surface area (Å²) >= 11 is 5.97. The minimum atomic E-state index is -3.90. The van der Waals surface area contributed by atoms with E-state index in [1.165, 1.54) is 30.6 Å². The summed E-state index contributed by atoms with van der Waals surface area (Å²) in [5.74, 6) is 0.556. The summed E-state index contributed by atoms with van der Waals surface area (Å²) in [7, 11) is -3.90. The number of rotatable bonds is 4. The van der Waals surface area contributed by atoms with Crippen molar-refractivity contribution in [2.75, 3.05) is 35.8 Å². The molecule has 8 nitrogen and oxygen atoms in total. The minimum Gasteiger partial charge on any atom is -0.338 e. The van der Waals surface area contributed by atoms with Crippen LogP contribution in [0.5, 0.6) is 0 Å². The van der Waals surface area contributed by atoms with E-state index in [-0.39, 0.29) is 21.2 Å². The summed E-state index contributed by atoms with van der Waals surface area (Å²) in [5.41, 5.74) is 0.520. The van der Waals surface area contributed by atoms with Gasteiger partial charge in [-0.05, 0) is 18.2 Å². The molecule has 3 rings (SSSR count). The lowest BCUT2D eigenvalue weighted by atomic mass is 10.2. The highest BCUT2D eigenvalue weighted by Crippen LogP contribution is 2.24. The van der Waals surface area contributed by atoms with Gasteiger partial charge < -0.3 is 10.2 Å². The second kappa shape index (κ2) is 7.23. The Bertz CT molecular complexity index is 905. The van der Waals surface area contributed by atoms with E-state index < -0.39 is 10.0 Å². The van der Waals surface area contributed by atoms with Crippen LogP contribution in [0.2, 0.25) is 5.02 Å². The van der Waals surface area contributed by atoms with Crippen molar-refractivity contribution in [3.05, 3.63) is 41.2 Å². The molecule has 1 aromatic heterocycles. The van der Waals surface area contributed by atoms with Crippen LogP contribution >= 0.6 is 11.6 Å². The number of hydrogen-bond acceptors (Lipinski definition) is 7. The van der Waals surface area contributed by atoms with Crippen LogP contribution in [0.3, 0.4) is 0 Å². The van der Waals surface area contributed by atoms with Gasteiger partial charge in [0.15, 0.2) is 0 Å². The molecular formula is C15H15ClN6O2S. The van der Waals surface area contributed by atoms with E-state index in [1.54, 1.807) is 0 Å². The van der Waals surface area contributed by atoms with Gasteiger partial charge in [0.05, 0.1) is 34.7 Å². The van der Waals surface area contributed by atoms with Crippen molar-refractivity contribution in [1.29, 1.82) is 5.26 Å². The van der Waals surface area contributed by atoms with Crippen LogP contribution in [-0.2, 0) is 10.0 Å². The van der Waals surface area contributed by atoms with Gasteiger partial charge in [0.2, 0.25) is 5.95 Å². The van der Waals surface area contributed by atoms with Gasteiger partial charge in [0, 0.05) is 26.2 Å². The van der Waals surface area contributed by atoms with E-state index in [0.717, 1.165) is 26.2 Å². The molecule has 0 radical (unpaired) electrons. The third kappa shape index (κ3) is 3.99. The van der Waals surface area contributed by atoms with Crippen molar-refractivity contribution in [2.24, 2.45) is 0 Å². The predicted molar refractivity (Wildman–Crippen MR) is 94.1 cm³/mol. The second-order valence-electron chi connectivity index (χ2n) is 5.37. The Morgan fingerprint density at radius 2 is 1.92 bits per heavy atom. The van der Waals surface area contributed by atoms with Crippen molar-refractivity contribution >= 4 is 33.3 Å². The molecule has 0 aliphatic carbocycles. The van der Waals surface area contributed by atoms with Crippen LogP contribution in [0.4, 0.5) is 11.6 Å². The number of hydrogen-bond donors (Lipinski definition) is 2. The third-order valence-electron chi connectivity index (χ3n) is 3.64. The van der Waals surface area contributed by atoms with Gasteiger partial charge in [-0.15, -0.1) is 0 Å². The third-order valence-corrected chi connectivity index (χ3v) is 5.50. The largest absolute Gasteiger partial charge is 0.338 e. The Morgan fingerprint density at radius 3 is 2.52 bits per heavy atom. The zero-order valence-electron chi connectivity index (χ0n) is 13.1. The molecule has 2 aromatic rings. The fourth-order valence-electron chi connectivity index (χ4n) is 2.40. The highest BCUT2D eigenvalue weighted by Gasteiger charge is 2.19. The minimum absolute atomic E-state index is 0.0232. The van der Waals surface area contributed by atoms with Gasteiger partial charge in [-0.25, -0.2) is 18.4 Å². The monoisotopic (exact) mass is 378 g/mol. The summed E-state index contributed by atoms with van der Waals surface area (Å²) in [5, 5.41) is 12.0. The smallest absolute Gasteiger partial charge is 0.263 e. The molecule has 25 heavy (non-hydrogen) atoms. The maximum atomic E-state index is 12.5. The van der Waals surface area contributed by atoms with E-state index in [0.29, 0.717) is 5.95 Å². The van der Waals surface area contributed by atoms with Gasteiger partial charge in [-0.3, -0.25) is 4.72 Å². The van der Waals surface area contributed by atoms with Gasteiger partial charge >= 0.3 is 0 Å². The van der Waals surface area contributed by atoms with Crippen LogP contribution in [0.1, 0.15) is 5.56 Å². The van der Waals surface area contributed by atoms with Crippen LogP contribution < -0.4 is 14.9 Å². The topological polar surface area (TPSA) is 111 Å². The molecule has 1 aliphatic rings. The SMILES string of the molecule is N#Cc1ccc(S(=O)(=O)Nc2cnc(N3CCNCC3)nc2)c(Cl)c1. The van der Waals surface area contributed by atoms with E-state index in [1.807, 2.05) is 11.0 Å². The average molecular weight is 379 g/mol. The first-order chi connectivity index (χ1) is 12.0. The summed E-state index contributed by atoms with van der Waals surface area (Å²) in [6.07, 6.45) is 2.83. The van der Waals surface area contributed by atoms with Gasteiger partial charge in [0.25, 0.3) is 10.0 Å². The molecule has 0 atom stereocenters. The number of aromatic nitrogens is 2. The van der Waals surface area contributed by atoms with Crippen molar-refractivity contribution in [2.45, 2.75) is 4.90 Å². The van der Waals surface area contributed by atoms with Gasteiger partial charge in [-0.1, -0.05) is 11.6 Å². The molecule has 0 bridgehead atoms. The van der Waals surface area contributed by atoms with Crippen molar-refractivity contribution in [3.63, 3.8) is 0 Å². The molecule has 0 saturated carbocycles. The number of sulfonamides is 1. The summed E-state index contributed by atoms with van der Waals surface area (Å²) in [4.78, 5) is 10.3. The van der Waals surface area contributed by atoms with Gasteiger partial charge in [-0.2, -0.15) is 5.26 Å². The fraction of sp³-hybridized carbons (Fsp3) is 0.267. The summed E-state index contributed by atoms with van der Waals surface area (Å²) in [6.45, 7) is 3.31. The zero-order valence-corrected chi connectivity index (χ0v) is 14.7.